The Balaban J connectivity index is 1.86. The third kappa shape index (κ3) is 2.15. The number of aromatic nitrogens is 1. The molecule has 0 bridgehead atoms. The van der Waals surface area contributed by atoms with Crippen LogP contribution in [0.25, 0.3) is 0 Å². The molecule has 1 saturated heterocycles. The van der Waals surface area contributed by atoms with Gasteiger partial charge in [-0.05, 0) is 31.7 Å². The molecular formula is C14H19N3O3. The topological polar surface area (TPSA) is 77.6 Å². The van der Waals surface area contributed by atoms with E-state index in [0.717, 1.165) is 19.3 Å². The molecule has 0 spiro atoms. The van der Waals surface area contributed by atoms with Crippen molar-refractivity contribution in [2.75, 3.05) is 19.4 Å². The van der Waals surface area contributed by atoms with Crippen molar-refractivity contribution in [3.8, 4) is 0 Å². The van der Waals surface area contributed by atoms with Gasteiger partial charge >= 0.3 is 5.97 Å². The SMILES string of the molecule is COC(=O)C1CCCN1C(=O)c1cc(N)cn1C1CC1. The molecule has 1 aliphatic heterocycles. The normalized spacial score (nSPS) is 22.1. The Kier molecular flexibility index (Phi) is 3.16. The molecule has 1 unspecified atom stereocenters. The average Bonchev–Trinajstić information content (AvgIpc) is 3.03. The van der Waals surface area contributed by atoms with E-state index in [1.165, 1.54) is 7.11 Å². The summed E-state index contributed by atoms with van der Waals surface area (Å²) in [5, 5.41) is 0. The minimum atomic E-state index is -0.462. The number of ether oxygens (including phenoxy) is 1. The predicted molar refractivity (Wildman–Crippen MR) is 73.2 cm³/mol. The number of amides is 1. The zero-order valence-corrected chi connectivity index (χ0v) is 11.5. The second kappa shape index (κ2) is 4.85. The largest absolute Gasteiger partial charge is 0.467 e. The molecule has 1 saturated carbocycles. The second-order valence-electron chi connectivity index (χ2n) is 5.48. The van der Waals surface area contributed by atoms with Crippen LogP contribution >= 0.6 is 0 Å². The van der Waals surface area contributed by atoms with Gasteiger partial charge in [0.15, 0.2) is 0 Å². The highest BCUT2D eigenvalue weighted by atomic mass is 16.5. The summed E-state index contributed by atoms with van der Waals surface area (Å²) in [5.74, 6) is -0.463. The predicted octanol–water partition coefficient (Wildman–Crippen LogP) is 1.18. The minimum absolute atomic E-state index is 0.124. The van der Waals surface area contributed by atoms with Crippen molar-refractivity contribution in [3.63, 3.8) is 0 Å². The molecule has 0 radical (unpaired) electrons. The first kappa shape index (κ1) is 13.0. The maximum Gasteiger partial charge on any atom is 0.328 e. The Hall–Kier alpha value is -1.98. The van der Waals surface area contributed by atoms with Crippen molar-refractivity contribution < 1.29 is 14.3 Å². The molecule has 1 aromatic heterocycles. The molecule has 2 heterocycles. The number of likely N-dealkylation sites (tertiary alicyclic amines) is 1. The van der Waals surface area contributed by atoms with Gasteiger partial charge in [0.2, 0.25) is 0 Å². The average molecular weight is 277 g/mol. The number of methoxy groups -OCH3 is 1. The molecule has 1 atom stereocenters. The monoisotopic (exact) mass is 277 g/mol. The Morgan fingerprint density at radius 2 is 2.10 bits per heavy atom. The lowest BCUT2D eigenvalue weighted by Crippen LogP contribution is -2.41. The number of nitrogen functional groups attached to an aromatic ring is 1. The fourth-order valence-corrected chi connectivity index (χ4v) is 2.86. The molecule has 2 aliphatic rings. The number of esters is 1. The number of hydrogen-bond acceptors (Lipinski definition) is 4. The molecule has 108 valence electrons. The number of nitrogens with two attached hydrogens (primary N) is 1. The van der Waals surface area contributed by atoms with Crippen molar-refractivity contribution in [2.24, 2.45) is 0 Å². The number of nitrogens with zero attached hydrogens (tertiary/aromatic N) is 2. The summed E-state index contributed by atoms with van der Waals surface area (Å²) in [5.41, 5.74) is 6.99. The third-order valence-corrected chi connectivity index (χ3v) is 4.02. The molecule has 6 heteroatoms. The molecule has 1 aromatic rings. The van der Waals surface area contributed by atoms with Crippen molar-refractivity contribution in [1.82, 2.24) is 9.47 Å². The summed E-state index contributed by atoms with van der Waals surface area (Å²) in [6, 6.07) is 1.62. The van der Waals surface area contributed by atoms with Crippen LogP contribution in [-0.4, -0.2) is 41.0 Å². The minimum Gasteiger partial charge on any atom is -0.467 e. The van der Waals surface area contributed by atoms with E-state index in [4.69, 9.17) is 10.5 Å². The van der Waals surface area contributed by atoms with Gasteiger partial charge in [-0.15, -0.1) is 0 Å². The van der Waals surface area contributed by atoms with Gasteiger partial charge in [-0.3, -0.25) is 4.79 Å². The third-order valence-electron chi connectivity index (χ3n) is 4.02. The highest BCUT2D eigenvalue weighted by Gasteiger charge is 2.37. The lowest BCUT2D eigenvalue weighted by atomic mass is 10.2. The molecular weight excluding hydrogens is 258 g/mol. The quantitative estimate of drug-likeness (QED) is 0.842. The number of carbonyl (C=O) groups is 2. The Morgan fingerprint density at radius 1 is 1.35 bits per heavy atom. The smallest absolute Gasteiger partial charge is 0.328 e. The van der Waals surface area contributed by atoms with Crippen molar-refractivity contribution in [3.05, 3.63) is 18.0 Å². The number of hydrogen-bond donors (Lipinski definition) is 1. The zero-order valence-electron chi connectivity index (χ0n) is 11.5. The van der Waals surface area contributed by atoms with E-state index in [0.29, 0.717) is 30.4 Å². The number of carbonyl (C=O) groups excluding carboxylic acids is 2. The van der Waals surface area contributed by atoms with Gasteiger partial charge in [-0.1, -0.05) is 0 Å². The van der Waals surface area contributed by atoms with E-state index >= 15 is 0 Å². The van der Waals surface area contributed by atoms with Crippen LogP contribution in [0.3, 0.4) is 0 Å². The molecule has 3 rings (SSSR count). The first-order valence-corrected chi connectivity index (χ1v) is 6.98. The van der Waals surface area contributed by atoms with Crippen LogP contribution in [-0.2, 0) is 9.53 Å². The summed E-state index contributed by atoms with van der Waals surface area (Å²) in [6.45, 7) is 0.592. The van der Waals surface area contributed by atoms with Gasteiger partial charge in [-0.2, -0.15) is 0 Å². The van der Waals surface area contributed by atoms with Gasteiger partial charge in [0.25, 0.3) is 5.91 Å². The maximum absolute atomic E-state index is 12.7. The molecule has 1 amide bonds. The maximum atomic E-state index is 12.7. The zero-order chi connectivity index (χ0) is 14.3. The summed E-state index contributed by atoms with van der Waals surface area (Å²) in [7, 11) is 1.36. The summed E-state index contributed by atoms with van der Waals surface area (Å²) in [6.07, 6.45) is 5.46. The van der Waals surface area contributed by atoms with Gasteiger partial charge in [0.1, 0.15) is 11.7 Å². The van der Waals surface area contributed by atoms with Gasteiger partial charge in [0.05, 0.1) is 12.8 Å². The Bertz CT molecular complexity index is 548. The highest BCUT2D eigenvalue weighted by Crippen LogP contribution is 2.37. The van der Waals surface area contributed by atoms with E-state index < -0.39 is 6.04 Å². The van der Waals surface area contributed by atoms with Crippen LogP contribution in [0, 0.1) is 0 Å². The fourth-order valence-electron chi connectivity index (χ4n) is 2.86. The van der Waals surface area contributed by atoms with E-state index in [1.54, 1.807) is 11.0 Å². The Labute approximate surface area is 117 Å². The van der Waals surface area contributed by atoms with E-state index in [9.17, 15) is 9.59 Å². The molecule has 20 heavy (non-hydrogen) atoms. The van der Waals surface area contributed by atoms with Crippen molar-refractivity contribution in [1.29, 1.82) is 0 Å². The summed E-state index contributed by atoms with van der Waals surface area (Å²) >= 11 is 0. The second-order valence-corrected chi connectivity index (χ2v) is 5.48. The lowest BCUT2D eigenvalue weighted by molar-refractivity contribution is -0.145. The van der Waals surface area contributed by atoms with E-state index in [-0.39, 0.29) is 11.9 Å². The first-order valence-electron chi connectivity index (χ1n) is 6.98. The molecule has 2 N–H and O–H groups in total. The van der Waals surface area contributed by atoms with Gasteiger partial charge in [-0.25, -0.2) is 4.79 Å². The van der Waals surface area contributed by atoms with Crippen molar-refractivity contribution >= 4 is 17.6 Å². The van der Waals surface area contributed by atoms with Crippen molar-refractivity contribution in [2.45, 2.75) is 37.8 Å². The lowest BCUT2D eigenvalue weighted by Gasteiger charge is -2.23. The number of rotatable bonds is 3. The van der Waals surface area contributed by atoms with Gasteiger partial charge in [0, 0.05) is 18.8 Å². The standard InChI is InChI=1S/C14H19N3O3/c1-20-14(19)11-3-2-6-16(11)13(18)12-7-9(15)8-17(12)10-4-5-10/h7-8,10-11H,2-6,15H2,1H3. The van der Waals surface area contributed by atoms with Crippen LogP contribution in [0.15, 0.2) is 12.3 Å². The fraction of sp³-hybridized carbons (Fsp3) is 0.571. The Morgan fingerprint density at radius 3 is 2.75 bits per heavy atom. The first-order chi connectivity index (χ1) is 9.61. The molecule has 0 aromatic carbocycles. The van der Waals surface area contributed by atoms with Crippen LogP contribution in [0.4, 0.5) is 5.69 Å². The molecule has 6 nitrogen and oxygen atoms in total. The van der Waals surface area contributed by atoms with Crippen LogP contribution < -0.4 is 5.73 Å². The van der Waals surface area contributed by atoms with Gasteiger partial charge < -0.3 is 19.9 Å². The summed E-state index contributed by atoms with van der Waals surface area (Å²) < 4.78 is 6.73. The van der Waals surface area contributed by atoms with Crippen LogP contribution in [0.5, 0.6) is 0 Å². The highest BCUT2D eigenvalue weighted by molar-refractivity contribution is 5.97. The number of anilines is 1. The molecule has 2 fully saturated rings. The van der Waals surface area contributed by atoms with E-state index in [1.807, 2.05) is 10.8 Å². The summed E-state index contributed by atoms with van der Waals surface area (Å²) in [4.78, 5) is 26.0. The van der Waals surface area contributed by atoms with Crippen LogP contribution in [0.2, 0.25) is 0 Å². The van der Waals surface area contributed by atoms with Crippen LogP contribution in [0.1, 0.15) is 42.2 Å². The molecule has 1 aliphatic carbocycles. The van der Waals surface area contributed by atoms with E-state index in [2.05, 4.69) is 0 Å².